The Morgan fingerprint density at radius 3 is 2.31 bits per heavy atom. The Kier molecular flexibility index (Phi) is 6.20. The van der Waals surface area contributed by atoms with Gasteiger partial charge in [0, 0.05) is 31.8 Å². The van der Waals surface area contributed by atoms with Crippen LogP contribution in [0.2, 0.25) is 0 Å². The number of hydrogen-bond acceptors (Lipinski definition) is 4. The van der Waals surface area contributed by atoms with Gasteiger partial charge in [0.15, 0.2) is 0 Å². The number of rotatable bonds is 5. The zero-order valence-electron chi connectivity index (χ0n) is 18.2. The summed E-state index contributed by atoms with van der Waals surface area (Å²) in [5, 5.41) is 11.7. The molecular weight excluding hydrogens is 403 g/mol. The third-order valence-electron chi connectivity index (χ3n) is 5.93. The number of halogens is 1. The van der Waals surface area contributed by atoms with E-state index in [1.165, 1.54) is 6.07 Å². The first-order chi connectivity index (χ1) is 15.4. The summed E-state index contributed by atoms with van der Waals surface area (Å²) in [6.07, 6.45) is 1.00. The Balaban J connectivity index is 0.00000306. The third-order valence-corrected chi connectivity index (χ3v) is 5.93. The van der Waals surface area contributed by atoms with Crippen LogP contribution >= 0.6 is 0 Å². The molecule has 164 valence electrons. The number of hydrogen-bond donors (Lipinski definition) is 1. The Morgan fingerprint density at radius 2 is 1.75 bits per heavy atom. The standard InChI is InChI=1S/C26H25FN4O.H2/c1-30(2)23-13-14-31(17-23)25-12-11-22(15-24(25)27)29-26(32)21-9-7-20(8-10-21)19-5-3-18(16-28)4-6-19;/h3-12,15,23H,13-14,17H2,1-2H3,(H,29,32);1H. The fourth-order valence-electron chi connectivity index (χ4n) is 3.98. The van der Waals surface area contributed by atoms with Crippen LogP contribution in [0.15, 0.2) is 66.7 Å². The van der Waals surface area contributed by atoms with E-state index in [0.29, 0.717) is 28.5 Å². The lowest BCUT2D eigenvalue weighted by molar-refractivity contribution is 0.102. The highest BCUT2D eigenvalue weighted by Gasteiger charge is 2.25. The average molecular weight is 431 g/mol. The summed E-state index contributed by atoms with van der Waals surface area (Å²) in [5.74, 6) is -0.629. The van der Waals surface area contributed by atoms with Gasteiger partial charge in [-0.2, -0.15) is 5.26 Å². The van der Waals surface area contributed by atoms with Crippen molar-refractivity contribution in [1.29, 1.82) is 5.26 Å². The van der Waals surface area contributed by atoms with E-state index < -0.39 is 0 Å². The minimum absolute atomic E-state index is 0. The minimum atomic E-state index is -0.335. The second kappa shape index (κ2) is 9.21. The molecule has 5 nitrogen and oxygen atoms in total. The van der Waals surface area contributed by atoms with Crippen LogP contribution in [0.3, 0.4) is 0 Å². The van der Waals surface area contributed by atoms with Gasteiger partial charge in [-0.05, 0) is 74.1 Å². The van der Waals surface area contributed by atoms with Gasteiger partial charge in [0.1, 0.15) is 5.82 Å². The van der Waals surface area contributed by atoms with Crippen LogP contribution < -0.4 is 10.2 Å². The molecule has 1 N–H and O–H groups in total. The maximum Gasteiger partial charge on any atom is 0.255 e. The topological polar surface area (TPSA) is 59.4 Å². The molecule has 1 amide bonds. The normalized spacial score (nSPS) is 15.6. The molecule has 1 saturated heterocycles. The molecule has 0 bridgehead atoms. The SMILES string of the molecule is CN(C)C1CCN(c2ccc(NC(=O)c3ccc(-c4ccc(C#N)cc4)cc3)cc2F)C1.[HH]. The predicted octanol–water partition coefficient (Wildman–Crippen LogP) is 5.00. The second-order valence-electron chi connectivity index (χ2n) is 8.24. The van der Waals surface area contributed by atoms with Gasteiger partial charge in [0.25, 0.3) is 5.91 Å². The lowest BCUT2D eigenvalue weighted by Crippen LogP contribution is -2.31. The van der Waals surface area contributed by atoms with Crippen molar-refractivity contribution in [1.82, 2.24) is 4.90 Å². The molecule has 1 aliphatic heterocycles. The fourth-order valence-corrected chi connectivity index (χ4v) is 3.98. The van der Waals surface area contributed by atoms with Gasteiger partial charge in [-0.1, -0.05) is 24.3 Å². The predicted molar refractivity (Wildman–Crippen MR) is 127 cm³/mol. The first-order valence-electron chi connectivity index (χ1n) is 10.6. The molecule has 0 aliphatic carbocycles. The molecular formula is C26H27FN4O. The Labute approximate surface area is 189 Å². The Hall–Kier alpha value is -3.69. The number of nitrogens with zero attached hydrogens (tertiary/aromatic N) is 3. The van der Waals surface area contributed by atoms with E-state index in [1.807, 2.05) is 43.3 Å². The molecule has 1 unspecified atom stereocenters. The van der Waals surface area contributed by atoms with Crippen LogP contribution in [-0.2, 0) is 0 Å². The smallest absolute Gasteiger partial charge is 0.255 e. The molecule has 3 aromatic rings. The molecule has 4 rings (SSSR count). The highest BCUT2D eigenvalue weighted by molar-refractivity contribution is 6.04. The van der Waals surface area contributed by atoms with E-state index in [-0.39, 0.29) is 13.2 Å². The van der Waals surface area contributed by atoms with Gasteiger partial charge >= 0.3 is 0 Å². The highest BCUT2D eigenvalue weighted by atomic mass is 19.1. The molecule has 1 aliphatic rings. The van der Waals surface area contributed by atoms with Crippen LogP contribution in [0.1, 0.15) is 23.8 Å². The van der Waals surface area contributed by atoms with Crippen molar-refractivity contribution in [2.24, 2.45) is 0 Å². The van der Waals surface area contributed by atoms with E-state index in [9.17, 15) is 9.18 Å². The summed E-state index contributed by atoms with van der Waals surface area (Å²) in [6.45, 7) is 1.61. The maximum atomic E-state index is 14.8. The molecule has 6 heteroatoms. The molecule has 0 saturated carbocycles. The number of amides is 1. The number of likely N-dealkylation sites (N-methyl/N-ethyl adjacent to an activating group) is 1. The van der Waals surface area contributed by atoms with Crippen molar-refractivity contribution >= 4 is 17.3 Å². The van der Waals surface area contributed by atoms with Crippen molar-refractivity contribution in [3.63, 3.8) is 0 Å². The Morgan fingerprint density at radius 1 is 1.09 bits per heavy atom. The van der Waals surface area contributed by atoms with Crippen molar-refractivity contribution in [2.45, 2.75) is 12.5 Å². The maximum absolute atomic E-state index is 14.8. The summed E-state index contributed by atoms with van der Waals surface area (Å²) in [4.78, 5) is 16.8. The first kappa shape index (κ1) is 21.5. The molecule has 0 spiro atoms. The van der Waals surface area contributed by atoms with Gasteiger partial charge in [0.05, 0.1) is 17.3 Å². The van der Waals surface area contributed by atoms with E-state index >= 15 is 0 Å². The molecule has 0 radical (unpaired) electrons. The number of nitrogens with one attached hydrogen (secondary N) is 1. The largest absolute Gasteiger partial charge is 0.368 e. The quantitative estimate of drug-likeness (QED) is 0.619. The van der Waals surface area contributed by atoms with Gasteiger partial charge in [-0.15, -0.1) is 0 Å². The lowest BCUT2D eigenvalue weighted by Gasteiger charge is -2.22. The van der Waals surface area contributed by atoms with Crippen molar-refractivity contribution in [3.8, 4) is 17.2 Å². The third kappa shape index (κ3) is 4.63. The van der Waals surface area contributed by atoms with E-state index in [2.05, 4.69) is 16.3 Å². The number of anilines is 2. The average Bonchev–Trinajstić information content (AvgIpc) is 3.30. The van der Waals surface area contributed by atoms with Crippen molar-refractivity contribution in [3.05, 3.63) is 83.7 Å². The van der Waals surface area contributed by atoms with Crippen LogP contribution in [0.5, 0.6) is 0 Å². The minimum Gasteiger partial charge on any atom is -0.368 e. The van der Waals surface area contributed by atoms with Crippen LogP contribution in [-0.4, -0.2) is 44.0 Å². The monoisotopic (exact) mass is 430 g/mol. The summed E-state index contributed by atoms with van der Waals surface area (Å²) in [6, 6.07) is 21.8. The molecule has 3 aromatic carbocycles. The number of carbonyl (C=O) groups excluding carboxylic acids is 1. The first-order valence-corrected chi connectivity index (χ1v) is 10.6. The van der Waals surface area contributed by atoms with Gasteiger partial charge in [0.2, 0.25) is 0 Å². The van der Waals surface area contributed by atoms with Gasteiger partial charge < -0.3 is 15.1 Å². The zero-order chi connectivity index (χ0) is 22.7. The molecule has 1 fully saturated rings. The Bertz CT molecular complexity index is 1160. The zero-order valence-corrected chi connectivity index (χ0v) is 18.2. The molecule has 1 heterocycles. The fraction of sp³-hybridized carbons (Fsp3) is 0.231. The van der Waals surface area contributed by atoms with Gasteiger partial charge in [-0.25, -0.2) is 4.39 Å². The molecule has 0 aromatic heterocycles. The van der Waals surface area contributed by atoms with Gasteiger partial charge in [-0.3, -0.25) is 4.79 Å². The summed E-state index contributed by atoms with van der Waals surface area (Å²) >= 11 is 0. The summed E-state index contributed by atoms with van der Waals surface area (Å²) in [7, 11) is 4.08. The lowest BCUT2D eigenvalue weighted by atomic mass is 10.0. The van der Waals surface area contributed by atoms with Crippen LogP contribution in [0, 0.1) is 17.1 Å². The van der Waals surface area contributed by atoms with Crippen molar-refractivity contribution < 1.29 is 10.6 Å². The number of benzene rings is 3. The summed E-state index contributed by atoms with van der Waals surface area (Å²) < 4.78 is 14.8. The summed E-state index contributed by atoms with van der Waals surface area (Å²) in [5.41, 5.74) is 4.00. The van der Waals surface area contributed by atoms with Crippen LogP contribution in [0.4, 0.5) is 15.8 Å². The molecule has 1 atom stereocenters. The van der Waals surface area contributed by atoms with E-state index in [1.54, 1.807) is 36.4 Å². The van der Waals surface area contributed by atoms with E-state index in [4.69, 9.17) is 5.26 Å². The highest BCUT2D eigenvalue weighted by Crippen LogP contribution is 2.28. The number of carbonyl (C=O) groups is 1. The van der Waals surface area contributed by atoms with Crippen LogP contribution in [0.25, 0.3) is 11.1 Å². The molecule has 32 heavy (non-hydrogen) atoms. The van der Waals surface area contributed by atoms with E-state index in [0.717, 1.165) is 30.6 Å². The number of nitriles is 1. The second-order valence-corrected chi connectivity index (χ2v) is 8.24. The van der Waals surface area contributed by atoms with Crippen molar-refractivity contribution in [2.75, 3.05) is 37.4 Å².